The normalized spacial score (nSPS) is 14.5. The second-order valence-corrected chi connectivity index (χ2v) is 8.55. The van der Waals surface area contributed by atoms with Gasteiger partial charge in [-0.2, -0.15) is 0 Å². The summed E-state index contributed by atoms with van der Waals surface area (Å²) < 4.78 is 10.6. The largest absolute Gasteiger partial charge is 0.459 e. The van der Waals surface area contributed by atoms with Crippen LogP contribution in [0.25, 0.3) is 0 Å². The Balaban J connectivity index is 1.83. The van der Waals surface area contributed by atoms with E-state index in [2.05, 4.69) is 10.6 Å². The van der Waals surface area contributed by atoms with Crippen LogP contribution in [0.4, 0.5) is 0 Å². The maximum absolute atomic E-state index is 13.6. The first kappa shape index (κ1) is 25.5. The van der Waals surface area contributed by atoms with Crippen LogP contribution in [0.15, 0.2) is 47.1 Å². The van der Waals surface area contributed by atoms with Crippen LogP contribution >= 0.6 is 0 Å². The van der Waals surface area contributed by atoms with Gasteiger partial charge in [0, 0.05) is 25.8 Å². The van der Waals surface area contributed by atoms with Crippen molar-refractivity contribution >= 4 is 17.7 Å². The number of hydrogen-bond donors (Lipinski definition) is 2. The van der Waals surface area contributed by atoms with E-state index in [1.165, 1.54) is 12.3 Å². The van der Waals surface area contributed by atoms with E-state index in [0.717, 1.165) is 36.8 Å². The minimum absolute atomic E-state index is 0.123. The van der Waals surface area contributed by atoms with E-state index in [0.29, 0.717) is 26.2 Å². The topological polar surface area (TPSA) is 101 Å². The van der Waals surface area contributed by atoms with Gasteiger partial charge in [0.25, 0.3) is 5.91 Å². The number of hydrogen-bond acceptors (Lipinski definition) is 5. The van der Waals surface area contributed by atoms with Gasteiger partial charge in [-0.3, -0.25) is 14.4 Å². The molecule has 2 aromatic rings. The van der Waals surface area contributed by atoms with E-state index in [4.69, 9.17) is 9.15 Å². The Kier molecular flexibility index (Phi) is 9.70. The number of ether oxygens (including phenoxy) is 1. The third kappa shape index (κ3) is 6.93. The average molecular weight is 470 g/mol. The molecule has 0 spiro atoms. The Labute approximate surface area is 201 Å². The van der Waals surface area contributed by atoms with Gasteiger partial charge in [-0.25, -0.2) is 0 Å². The lowest BCUT2D eigenvalue weighted by Crippen LogP contribution is -2.49. The molecule has 184 valence electrons. The van der Waals surface area contributed by atoms with E-state index in [-0.39, 0.29) is 30.2 Å². The summed E-state index contributed by atoms with van der Waals surface area (Å²) in [6, 6.07) is 10.1. The molecule has 1 saturated carbocycles. The molecule has 0 radical (unpaired) electrons. The van der Waals surface area contributed by atoms with E-state index < -0.39 is 11.9 Å². The fraction of sp³-hybridized carbons (Fsp3) is 0.500. The van der Waals surface area contributed by atoms with Crippen molar-refractivity contribution < 1.29 is 23.5 Å². The third-order valence-corrected chi connectivity index (χ3v) is 6.10. The van der Waals surface area contributed by atoms with Crippen LogP contribution in [0.1, 0.15) is 66.8 Å². The lowest BCUT2D eigenvalue weighted by molar-refractivity contribution is -0.140. The van der Waals surface area contributed by atoms with Gasteiger partial charge in [0.2, 0.25) is 11.8 Å². The van der Waals surface area contributed by atoms with Crippen molar-refractivity contribution in [2.75, 3.05) is 26.3 Å². The van der Waals surface area contributed by atoms with Gasteiger partial charge in [0.05, 0.1) is 12.8 Å². The number of nitrogens with zero attached hydrogens (tertiary/aromatic N) is 1. The molecular weight excluding hydrogens is 434 g/mol. The predicted octanol–water partition coefficient (Wildman–Crippen LogP) is 3.37. The van der Waals surface area contributed by atoms with Crippen LogP contribution < -0.4 is 10.6 Å². The van der Waals surface area contributed by atoms with Gasteiger partial charge in [-0.15, -0.1) is 0 Å². The molecule has 8 heteroatoms. The Morgan fingerprint density at radius 3 is 2.59 bits per heavy atom. The molecule has 1 aliphatic carbocycles. The highest BCUT2D eigenvalue weighted by molar-refractivity contribution is 5.95. The zero-order chi connectivity index (χ0) is 24.3. The SMILES string of the molecule is CCOCCCN(C(=O)CNC(=O)c1ccco1)[C@@H](C(=O)NC1CCCC1)c1ccccc1C. The van der Waals surface area contributed by atoms with Crippen LogP contribution in [0, 0.1) is 6.92 Å². The van der Waals surface area contributed by atoms with Crippen LogP contribution in [0.2, 0.25) is 0 Å². The molecule has 1 aromatic carbocycles. The van der Waals surface area contributed by atoms with Crippen LogP contribution in [-0.4, -0.2) is 55.0 Å². The Morgan fingerprint density at radius 1 is 1.15 bits per heavy atom. The number of amides is 3. The number of benzene rings is 1. The maximum Gasteiger partial charge on any atom is 0.287 e. The predicted molar refractivity (Wildman–Crippen MR) is 128 cm³/mol. The standard InChI is InChI=1S/C26H35N3O5/c1-3-33-16-9-15-29(23(30)18-27-25(31)22-14-8-17-34-22)24(21-13-7-4-10-19(21)2)26(32)28-20-11-5-6-12-20/h4,7-8,10,13-14,17,20,24H,3,5-6,9,11-12,15-16,18H2,1-2H3,(H,27,31)(H,28,32)/t24-/m1/s1. The number of rotatable bonds is 12. The van der Waals surface area contributed by atoms with Gasteiger partial charge >= 0.3 is 0 Å². The van der Waals surface area contributed by atoms with Gasteiger partial charge in [0.15, 0.2) is 5.76 Å². The summed E-state index contributed by atoms with van der Waals surface area (Å²) in [6.45, 7) is 4.99. The summed E-state index contributed by atoms with van der Waals surface area (Å²) in [5, 5.41) is 5.78. The van der Waals surface area contributed by atoms with Crippen LogP contribution in [-0.2, 0) is 14.3 Å². The molecule has 8 nitrogen and oxygen atoms in total. The van der Waals surface area contributed by atoms with Crippen LogP contribution in [0.3, 0.4) is 0 Å². The molecule has 3 rings (SSSR count). The smallest absolute Gasteiger partial charge is 0.287 e. The maximum atomic E-state index is 13.6. The molecule has 1 aliphatic rings. The molecule has 0 unspecified atom stereocenters. The van der Waals surface area contributed by atoms with E-state index in [1.807, 2.05) is 38.1 Å². The Hall–Kier alpha value is -3.13. The first-order valence-corrected chi connectivity index (χ1v) is 12.1. The minimum Gasteiger partial charge on any atom is -0.459 e. The molecule has 0 aliphatic heterocycles. The number of nitrogens with one attached hydrogen (secondary N) is 2. The Bertz CT molecular complexity index is 938. The highest BCUT2D eigenvalue weighted by atomic mass is 16.5. The number of furan rings is 1. The summed E-state index contributed by atoms with van der Waals surface area (Å²) in [6.07, 6.45) is 6.06. The number of aryl methyl sites for hydroxylation is 1. The highest BCUT2D eigenvalue weighted by Gasteiger charge is 2.33. The summed E-state index contributed by atoms with van der Waals surface area (Å²) >= 11 is 0. The summed E-state index contributed by atoms with van der Waals surface area (Å²) in [5.41, 5.74) is 1.71. The number of carbonyl (C=O) groups excluding carboxylic acids is 3. The molecule has 1 atom stereocenters. The van der Waals surface area contributed by atoms with Crippen molar-refractivity contribution in [1.82, 2.24) is 15.5 Å². The van der Waals surface area contributed by atoms with Crippen molar-refractivity contribution in [2.45, 2.75) is 58.0 Å². The molecule has 3 amide bonds. The Morgan fingerprint density at radius 2 is 1.91 bits per heavy atom. The van der Waals surface area contributed by atoms with Gasteiger partial charge < -0.3 is 24.7 Å². The summed E-state index contributed by atoms with van der Waals surface area (Å²) in [4.78, 5) is 40.9. The van der Waals surface area contributed by atoms with Crippen molar-refractivity contribution in [1.29, 1.82) is 0 Å². The summed E-state index contributed by atoms with van der Waals surface area (Å²) in [5.74, 6) is -0.879. The van der Waals surface area contributed by atoms with Crippen LogP contribution in [0.5, 0.6) is 0 Å². The molecule has 0 saturated heterocycles. The molecule has 1 aromatic heterocycles. The van der Waals surface area contributed by atoms with E-state index in [1.54, 1.807) is 11.0 Å². The lowest BCUT2D eigenvalue weighted by atomic mass is 9.98. The quantitative estimate of drug-likeness (QED) is 0.464. The van der Waals surface area contributed by atoms with Gasteiger partial charge in [0.1, 0.15) is 6.04 Å². The molecule has 0 bridgehead atoms. The van der Waals surface area contributed by atoms with Gasteiger partial charge in [-0.1, -0.05) is 37.1 Å². The second kappa shape index (κ2) is 12.9. The number of carbonyl (C=O) groups is 3. The first-order valence-electron chi connectivity index (χ1n) is 12.1. The van der Waals surface area contributed by atoms with Crippen molar-refractivity contribution in [2.24, 2.45) is 0 Å². The highest BCUT2D eigenvalue weighted by Crippen LogP contribution is 2.27. The zero-order valence-corrected chi connectivity index (χ0v) is 20.0. The van der Waals surface area contributed by atoms with E-state index >= 15 is 0 Å². The molecule has 34 heavy (non-hydrogen) atoms. The van der Waals surface area contributed by atoms with Gasteiger partial charge in [-0.05, 0) is 56.4 Å². The lowest BCUT2D eigenvalue weighted by Gasteiger charge is -2.33. The minimum atomic E-state index is -0.795. The second-order valence-electron chi connectivity index (χ2n) is 8.55. The molecular formula is C26H35N3O5. The molecule has 1 heterocycles. The molecule has 2 N–H and O–H groups in total. The fourth-order valence-electron chi connectivity index (χ4n) is 4.33. The fourth-order valence-corrected chi connectivity index (χ4v) is 4.33. The molecule has 1 fully saturated rings. The average Bonchev–Trinajstić information content (AvgIpc) is 3.55. The third-order valence-electron chi connectivity index (χ3n) is 6.10. The van der Waals surface area contributed by atoms with E-state index in [9.17, 15) is 14.4 Å². The van der Waals surface area contributed by atoms with Crippen molar-refractivity contribution in [3.8, 4) is 0 Å². The van der Waals surface area contributed by atoms with Crippen molar-refractivity contribution in [3.63, 3.8) is 0 Å². The summed E-state index contributed by atoms with van der Waals surface area (Å²) in [7, 11) is 0. The first-order chi connectivity index (χ1) is 16.5. The van der Waals surface area contributed by atoms with Crippen molar-refractivity contribution in [3.05, 3.63) is 59.5 Å². The monoisotopic (exact) mass is 469 g/mol. The zero-order valence-electron chi connectivity index (χ0n) is 20.0.